The molecule has 0 spiro atoms. The van der Waals surface area contributed by atoms with Crippen molar-refractivity contribution in [2.45, 2.75) is 70.4 Å². The molecule has 1 atom stereocenters. The van der Waals surface area contributed by atoms with Crippen molar-refractivity contribution in [2.75, 3.05) is 11.4 Å². The third-order valence-electron chi connectivity index (χ3n) is 7.28. The smallest absolute Gasteiger partial charge is 0.247 e. The summed E-state index contributed by atoms with van der Waals surface area (Å²) >= 11 is 6.19. The fraction of sp³-hybridized carbons (Fsp3) is 0.400. The molecule has 1 aliphatic heterocycles. The first-order valence-electron chi connectivity index (χ1n) is 13.2. The minimum Gasteiger partial charge on any atom is -0.330 e. The van der Waals surface area contributed by atoms with Crippen molar-refractivity contribution in [3.8, 4) is 5.69 Å². The molecule has 0 N–H and O–H groups in total. The van der Waals surface area contributed by atoms with Crippen molar-refractivity contribution in [1.82, 2.24) is 9.47 Å². The van der Waals surface area contributed by atoms with Gasteiger partial charge in [0.1, 0.15) is 12.6 Å². The summed E-state index contributed by atoms with van der Waals surface area (Å²) in [5.41, 5.74) is 3.83. The number of hydrogen-bond acceptors (Lipinski definition) is 2. The lowest BCUT2D eigenvalue weighted by molar-refractivity contribution is -0.136. The number of hydrogen-bond donors (Lipinski definition) is 0. The van der Waals surface area contributed by atoms with Crippen LogP contribution >= 0.6 is 11.6 Å². The summed E-state index contributed by atoms with van der Waals surface area (Å²) in [6.45, 7) is 2.30. The number of nitrogens with zero attached hydrogens (tertiary/aromatic N) is 3. The molecule has 6 heteroatoms. The second kappa shape index (κ2) is 10.9. The third-order valence-corrected chi connectivity index (χ3v) is 7.53. The fourth-order valence-corrected chi connectivity index (χ4v) is 5.40. The van der Waals surface area contributed by atoms with Gasteiger partial charge in [-0.15, -0.1) is 0 Å². The van der Waals surface area contributed by atoms with Crippen LogP contribution in [-0.2, 0) is 9.59 Å². The monoisotopic (exact) mass is 503 g/mol. The lowest BCUT2D eigenvalue weighted by Gasteiger charge is -2.39. The number of carbonyl (C=O) groups is 2. The SMILES string of the molecule is CCCCCCCC(=O)N(CC(=O)N1c2ccccc2-n2cccc2C1c1ccc(Cl)cc1)C1CC1. The van der Waals surface area contributed by atoms with Crippen molar-refractivity contribution in [3.63, 3.8) is 0 Å². The molecular weight excluding hydrogens is 470 g/mol. The van der Waals surface area contributed by atoms with Gasteiger partial charge in [-0.3, -0.25) is 14.5 Å². The summed E-state index contributed by atoms with van der Waals surface area (Å²) < 4.78 is 2.15. The lowest BCUT2D eigenvalue weighted by Crippen LogP contribution is -2.47. The predicted octanol–water partition coefficient (Wildman–Crippen LogP) is 6.92. The van der Waals surface area contributed by atoms with E-state index in [9.17, 15) is 9.59 Å². The first-order valence-corrected chi connectivity index (χ1v) is 13.6. The Morgan fingerprint density at radius 1 is 0.917 bits per heavy atom. The molecule has 188 valence electrons. The molecule has 1 aliphatic carbocycles. The van der Waals surface area contributed by atoms with Gasteiger partial charge in [0.25, 0.3) is 0 Å². The molecular formula is C30H34ClN3O2. The minimum atomic E-state index is -0.301. The maximum Gasteiger partial charge on any atom is 0.247 e. The number of rotatable bonds is 10. The van der Waals surface area contributed by atoms with E-state index in [0.29, 0.717) is 11.4 Å². The molecule has 2 amide bonds. The van der Waals surface area contributed by atoms with E-state index in [1.165, 1.54) is 19.3 Å². The van der Waals surface area contributed by atoms with Crippen LogP contribution in [0.3, 0.4) is 0 Å². The minimum absolute atomic E-state index is 0.0546. The predicted molar refractivity (Wildman–Crippen MR) is 145 cm³/mol. The summed E-state index contributed by atoms with van der Waals surface area (Å²) in [6.07, 6.45) is 10.0. The highest BCUT2D eigenvalue weighted by Crippen LogP contribution is 2.42. The second-order valence-electron chi connectivity index (χ2n) is 9.93. The molecule has 2 heterocycles. The Labute approximate surface area is 218 Å². The second-order valence-corrected chi connectivity index (χ2v) is 10.4. The van der Waals surface area contributed by atoms with Crippen molar-refractivity contribution in [1.29, 1.82) is 0 Å². The fourth-order valence-electron chi connectivity index (χ4n) is 5.27. The Hall–Kier alpha value is -3.05. The van der Waals surface area contributed by atoms with E-state index in [4.69, 9.17) is 11.6 Å². The number of unbranched alkanes of at least 4 members (excludes halogenated alkanes) is 4. The number of aromatic nitrogens is 1. The van der Waals surface area contributed by atoms with Gasteiger partial charge < -0.3 is 9.47 Å². The van der Waals surface area contributed by atoms with E-state index in [0.717, 1.165) is 48.3 Å². The molecule has 0 radical (unpaired) electrons. The summed E-state index contributed by atoms with van der Waals surface area (Å²) in [7, 11) is 0. The average Bonchev–Trinajstić information content (AvgIpc) is 3.61. The van der Waals surface area contributed by atoms with Gasteiger partial charge in [0.15, 0.2) is 0 Å². The maximum atomic E-state index is 14.1. The van der Waals surface area contributed by atoms with Crippen molar-refractivity contribution >= 4 is 29.1 Å². The van der Waals surface area contributed by atoms with Crippen molar-refractivity contribution in [2.24, 2.45) is 0 Å². The van der Waals surface area contributed by atoms with E-state index < -0.39 is 0 Å². The Morgan fingerprint density at radius 2 is 1.64 bits per heavy atom. The molecule has 36 heavy (non-hydrogen) atoms. The summed E-state index contributed by atoms with van der Waals surface area (Å²) in [6, 6.07) is 19.7. The highest BCUT2D eigenvalue weighted by Gasteiger charge is 2.39. The van der Waals surface area contributed by atoms with Crippen LogP contribution in [0.4, 0.5) is 5.69 Å². The molecule has 5 nitrogen and oxygen atoms in total. The van der Waals surface area contributed by atoms with Gasteiger partial charge in [-0.1, -0.05) is 68.5 Å². The van der Waals surface area contributed by atoms with Crippen LogP contribution in [-0.4, -0.2) is 33.9 Å². The van der Waals surface area contributed by atoms with E-state index in [1.54, 1.807) is 0 Å². The zero-order valence-electron chi connectivity index (χ0n) is 20.9. The van der Waals surface area contributed by atoms with Gasteiger partial charge in [0.05, 0.1) is 17.1 Å². The van der Waals surface area contributed by atoms with Gasteiger partial charge in [0, 0.05) is 23.7 Å². The zero-order chi connectivity index (χ0) is 25.1. The van der Waals surface area contributed by atoms with Gasteiger partial charge in [-0.05, 0) is 61.2 Å². The molecule has 0 bridgehead atoms. The van der Waals surface area contributed by atoms with E-state index in [-0.39, 0.29) is 30.4 Å². The highest BCUT2D eigenvalue weighted by molar-refractivity contribution is 6.30. The van der Waals surface area contributed by atoms with Crippen LogP contribution in [0.25, 0.3) is 5.69 Å². The number of anilines is 1. The van der Waals surface area contributed by atoms with Crippen LogP contribution in [0.15, 0.2) is 66.9 Å². The van der Waals surface area contributed by atoms with Crippen LogP contribution in [0, 0.1) is 0 Å². The summed E-state index contributed by atoms with van der Waals surface area (Å²) in [5.74, 6) is 0.0557. The molecule has 3 aromatic rings. The number of benzene rings is 2. The molecule has 1 unspecified atom stereocenters. The molecule has 5 rings (SSSR count). The Balaban J connectivity index is 1.43. The van der Waals surface area contributed by atoms with Gasteiger partial charge in [-0.2, -0.15) is 0 Å². The first-order chi connectivity index (χ1) is 17.6. The van der Waals surface area contributed by atoms with Crippen molar-refractivity contribution < 1.29 is 9.59 Å². The largest absolute Gasteiger partial charge is 0.330 e. The van der Waals surface area contributed by atoms with Crippen LogP contribution < -0.4 is 4.90 Å². The first kappa shape index (κ1) is 24.6. The third kappa shape index (κ3) is 5.08. The quantitative estimate of drug-likeness (QED) is 0.282. The van der Waals surface area contributed by atoms with Gasteiger partial charge in [-0.25, -0.2) is 0 Å². The Bertz CT molecular complexity index is 1210. The standard InChI is InChI=1S/C30H34ClN3O2/c1-2-3-4-5-6-13-28(35)33(24-18-19-24)21-29(36)34-26-11-8-7-10-25(26)32-20-9-12-27(32)30(34)22-14-16-23(31)17-15-22/h7-12,14-17,20,24,30H,2-6,13,18-19,21H2,1H3. The number of amides is 2. The number of fused-ring (bicyclic) bond motifs is 3. The highest BCUT2D eigenvalue weighted by atomic mass is 35.5. The normalized spacial score (nSPS) is 16.4. The van der Waals surface area contributed by atoms with E-state index in [1.807, 2.05) is 70.6 Å². The maximum absolute atomic E-state index is 14.1. The average molecular weight is 504 g/mol. The summed E-state index contributed by atoms with van der Waals surface area (Å²) in [4.78, 5) is 31.0. The number of para-hydroxylation sites is 2. The Morgan fingerprint density at radius 3 is 2.36 bits per heavy atom. The van der Waals surface area contributed by atoms with Crippen LogP contribution in [0.1, 0.15) is 75.6 Å². The molecule has 0 saturated heterocycles. The topological polar surface area (TPSA) is 45.6 Å². The number of halogens is 1. The molecule has 1 fully saturated rings. The van der Waals surface area contributed by atoms with Crippen LogP contribution in [0.5, 0.6) is 0 Å². The molecule has 1 saturated carbocycles. The van der Waals surface area contributed by atoms with E-state index in [2.05, 4.69) is 17.6 Å². The molecule has 2 aromatic carbocycles. The molecule has 2 aliphatic rings. The van der Waals surface area contributed by atoms with Crippen molar-refractivity contribution in [3.05, 3.63) is 83.1 Å². The van der Waals surface area contributed by atoms with E-state index >= 15 is 0 Å². The Kier molecular flexibility index (Phi) is 7.47. The lowest BCUT2D eigenvalue weighted by atomic mass is 9.97. The molecule has 1 aromatic heterocycles. The number of carbonyl (C=O) groups excluding carboxylic acids is 2. The van der Waals surface area contributed by atoms with Crippen LogP contribution in [0.2, 0.25) is 5.02 Å². The van der Waals surface area contributed by atoms with Gasteiger partial charge >= 0.3 is 0 Å². The zero-order valence-corrected chi connectivity index (χ0v) is 21.7. The van der Waals surface area contributed by atoms with Gasteiger partial charge in [0.2, 0.25) is 11.8 Å². The summed E-state index contributed by atoms with van der Waals surface area (Å²) in [5, 5.41) is 0.660.